The highest BCUT2D eigenvalue weighted by Crippen LogP contribution is 2.29. The molecule has 1 saturated heterocycles. The molecule has 2 nitrogen and oxygen atoms in total. The molecule has 1 N–H and O–H groups in total. The Hall–Kier alpha value is -1.00. The van der Waals surface area contributed by atoms with E-state index < -0.39 is 11.6 Å². The zero-order valence-corrected chi connectivity index (χ0v) is 10.6. The standard InChI is InChI=1S/C14H19F2NO/c1-2-4-17-13-3-5-18-14(9-13)10-6-11(15)8-12(16)7-10/h6-8,13-14,17H,2-5,9H2,1H3. The molecule has 0 radical (unpaired) electrons. The molecule has 0 spiro atoms. The number of ether oxygens (including phenoxy) is 1. The van der Waals surface area contributed by atoms with Gasteiger partial charge >= 0.3 is 0 Å². The molecule has 2 unspecified atom stereocenters. The first-order valence-electron chi connectivity index (χ1n) is 6.50. The predicted molar refractivity (Wildman–Crippen MR) is 66.4 cm³/mol. The maximum absolute atomic E-state index is 13.2. The topological polar surface area (TPSA) is 21.3 Å². The monoisotopic (exact) mass is 255 g/mol. The average molecular weight is 255 g/mol. The van der Waals surface area contributed by atoms with Gasteiger partial charge in [-0.15, -0.1) is 0 Å². The van der Waals surface area contributed by atoms with Crippen LogP contribution in [0.2, 0.25) is 0 Å². The molecule has 100 valence electrons. The Labute approximate surface area is 106 Å². The number of hydrogen-bond donors (Lipinski definition) is 1. The molecule has 4 heteroatoms. The summed E-state index contributed by atoms with van der Waals surface area (Å²) in [5, 5.41) is 3.43. The van der Waals surface area contributed by atoms with Crippen LogP contribution < -0.4 is 5.32 Å². The van der Waals surface area contributed by atoms with Crippen molar-refractivity contribution in [2.45, 2.75) is 38.3 Å². The highest BCUT2D eigenvalue weighted by Gasteiger charge is 2.24. The van der Waals surface area contributed by atoms with Gasteiger partial charge in [0.25, 0.3) is 0 Å². The third-order valence-corrected chi connectivity index (χ3v) is 3.22. The Morgan fingerprint density at radius 1 is 1.28 bits per heavy atom. The molecule has 1 fully saturated rings. The Kier molecular flexibility index (Phi) is 4.66. The normalized spacial score (nSPS) is 24.2. The van der Waals surface area contributed by atoms with Crippen molar-refractivity contribution in [3.63, 3.8) is 0 Å². The second-order valence-electron chi connectivity index (χ2n) is 4.74. The van der Waals surface area contributed by atoms with Crippen LogP contribution in [0.4, 0.5) is 8.78 Å². The fourth-order valence-electron chi connectivity index (χ4n) is 2.32. The van der Waals surface area contributed by atoms with E-state index in [1.165, 1.54) is 12.1 Å². The van der Waals surface area contributed by atoms with Gasteiger partial charge in [0, 0.05) is 18.7 Å². The Balaban J connectivity index is 2.03. The van der Waals surface area contributed by atoms with Crippen LogP contribution in [-0.4, -0.2) is 19.2 Å². The minimum atomic E-state index is -0.544. The van der Waals surface area contributed by atoms with Crippen molar-refractivity contribution in [1.82, 2.24) is 5.32 Å². The van der Waals surface area contributed by atoms with E-state index in [4.69, 9.17) is 4.74 Å². The first kappa shape index (κ1) is 13.4. The molecule has 0 saturated carbocycles. The lowest BCUT2D eigenvalue weighted by Gasteiger charge is -2.30. The second-order valence-corrected chi connectivity index (χ2v) is 4.74. The summed E-state index contributed by atoms with van der Waals surface area (Å²) < 4.78 is 32.0. The zero-order chi connectivity index (χ0) is 13.0. The van der Waals surface area contributed by atoms with Crippen molar-refractivity contribution in [3.05, 3.63) is 35.4 Å². The maximum atomic E-state index is 13.2. The van der Waals surface area contributed by atoms with Crippen molar-refractivity contribution >= 4 is 0 Å². The summed E-state index contributed by atoms with van der Waals surface area (Å²) in [6.45, 7) is 3.71. The van der Waals surface area contributed by atoms with E-state index in [0.29, 0.717) is 18.2 Å². The van der Waals surface area contributed by atoms with Gasteiger partial charge in [-0.2, -0.15) is 0 Å². The van der Waals surface area contributed by atoms with Gasteiger partial charge in [0.15, 0.2) is 0 Å². The molecule has 2 atom stereocenters. The van der Waals surface area contributed by atoms with Crippen LogP contribution in [0.5, 0.6) is 0 Å². The summed E-state index contributed by atoms with van der Waals surface area (Å²) in [4.78, 5) is 0. The number of nitrogens with one attached hydrogen (secondary N) is 1. The summed E-state index contributed by atoms with van der Waals surface area (Å²) in [5.41, 5.74) is 0.593. The lowest BCUT2D eigenvalue weighted by Crippen LogP contribution is -2.36. The average Bonchev–Trinajstić information content (AvgIpc) is 2.35. The van der Waals surface area contributed by atoms with E-state index in [1.807, 2.05) is 0 Å². The van der Waals surface area contributed by atoms with Crippen molar-refractivity contribution in [3.8, 4) is 0 Å². The van der Waals surface area contributed by atoms with E-state index in [2.05, 4.69) is 12.2 Å². The van der Waals surface area contributed by atoms with Gasteiger partial charge in [-0.1, -0.05) is 6.92 Å². The number of hydrogen-bond acceptors (Lipinski definition) is 2. The number of rotatable bonds is 4. The minimum absolute atomic E-state index is 0.210. The van der Waals surface area contributed by atoms with Crippen molar-refractivity contribution in [1.29, 1.82) is 0 Å². The van der Waals surface area contributed by atoms with Crippen LogP contribution in [-0.2, 0) is 4.74 Å². The van der Waals surface area contributed by atoms with E-state index in [9.17, 15) is 8.78 Å². The molecule has 18 heavy (non-hydrogen) atoms. The molecule has 0 aromatic heterocycles. The van der Waals surface area contributed by atoms with E-state index in [1.54, 1.807) is 0 Å². The van der Waals surface area contributed by atoms with Crippen LogP contribution in [0.1, 0.15) is 37.9 Å². The molecule has 1 heterocycles. The minimum Gasteiger partial charge on any atom is -0.373 e. The van der Waals surface area contributed by atoms with Gasteiger partial charge in [-0.05, 0) is 43.5 Å². The maximum Gasteiger partial charge on any atom is 0.126 e. The fraction of sp³-hybridized carbons (Fsp3) is 0.571. The molecule has 0 aliphatic carbocycles. The van der Waals surface area contributed by atoms with Gasteiger partial charge in [-0.3, -0.25) is 0 Å². The Bertz CT molecular complexity index is 377. The predicted octanol–water partition coefficient (Wildman–Crippen LogP) is 3.18. The second kappa shape index (κ2) is 6.25. The summed E-state index contributed by atoms with van der Waals surface area (Å²) in [7, 11) is 0. The van der Waals surface area contributed by atoms with Crippen LogP contribution in [0, 0.1) is 11.6 Å². The van der Waals surface area contributed by atoms with Crippen molar-refractivity contribution in [2.24, 2.45) is 0 Å². The fourth-order valence-corrected chi connectivity index (χ4v) is 2.32. The first-order valence-corrected chi connectivity index (χ1v) is 6.50. The molecule has 0 bridgehead atoms. The molecule has 1 aromatic rings. The molecule has 1 aromatic carbocycles. The summed E-state index contributed by atoms with van der Waals surface area (Å²) in [6.07, 6.45) is 2.59. The number of benzene rings is 1. The molecule has 0 amide bonds. The lowest BCUT2D eigenvalue weighted by molar-refractivity contribution is 0.0000308. The molecular formula is C14H19F2NO. The highest BCUT2D eigenvalue weighted by atomic mass is 19.1. The van der Waals surface area contributed by atoms with Gasteiger partial charge in [0.1, 0.15) is 11.6 Å². The lowest BCUT2D eigenvalue weighted by atomic mass is 9.97. The quantitative estimate of drug-likeness (QED) is 0.892. The molecule has 2 rings (SSSR count). The Morgan fingerprint density at radius 2 is 2.00 bits per heavy atom. The zero-order valence-electron chi connectivity index (χ0n) is 10.6. The summed E-state index contributed by atoms with van der Waals surface area (Å²) >= 11 is 0. The largest absolute Gasteiger partial charge is 0.373 e. The SMILES string of the molecule is CCCNC1CCOC(c2cc(F)cc(F)c2)C1. The Morgan fingerprint density at radius 3 is 2.67 bits per heavy atom. The van der Waals surface area contributed by atoms with E-state index in [-0.39, 0.29) is 6.10 Å². The first-order chi connectivity index (χ1) is 8.69. The van der Waals surface area contributed by atoms with Gasteiger partial charge in [-0.25, -0.2) is 8.78 Å². The van der Waals surface area contributed by atoms with Crippen LogP contribution in [0.25, 0.3) is 0 Å². The van der Waals surface area contributed by atoms with Gasteiger partial charge in [0.05, 0.1) is 6.10 Å². The van der Waals surface area contributed by atoms with E-state index in [0.717, 1.165) is 31.9 Å². The third kappa shape index (κ3) is 3.50. The highest BCUT2D eigenvalue weighted by molar-refractivity contribution is 5.21. The third-order valence-electron chi connectivity index (χ3n) is 3.22. The van der Waals surface area contributed by atoms with E-state index >= 15 is 0 Å². The summed E-state index contributed by atoms with van der Waals surface area (Å²) in [5.74, 6) is -1.09. The molecular weight excluding hydrogens is 236 g/mol. The van der Waals surface area contributed by atoms with Crippen LogP contribution in [0.15, 0.2) is 18.2 Å². The van der Waals surface area contributed by atoms with Gasteiger partial charge in [0.2, 0.25) is 0 Å². The van der Waals surface area contributed by atoms with Crippen molar-refractivity contribution < 1.29 is 13.5 Å². The summed E-state index contributed by atoms with van der Waals surface area (Å²) in [6, 6.07) is 3.97. The number of halogens is 2. The molecule has 1 aliphatic heterocycles. The van der Waals surface area contributed by atoms with Crippen molar-refractivity contribution in [2.75, 3.05) is 13.2 Å². The van der Waals surface area contributed by atoms with Crippen LogP contribution >= 0.6 is 0 Å². The van der Waals surface area contributed by atoms with Gasteiger partial charge < -0.3 is 10.1 Å². The smallest absolute Gasteiger partial charge is 0.126 e. The van der Waals surface area contributed by atoms with Crippen LogP contribution in [0.3, 0.4) is 0 Å². The molecule has 1 aliphatic rings.